The second-order valence-corrected chi connectivity index (χ2v) is 3.94. The second-order valence-electron chi connectivity index (χ2n) is 3.94. The monoisotopic (exact) mass is 187 g/mol. The molecule has 1 unspecified atom stereocenters. The highest BCUT2D eigenvalue weighted by Gasteiger charge is 2.48. The summed E-state index contributed by atoms with van der Waals surface area (Å²) in [6.07, 6.45) is 3.72. The third-order valence-electron chi connectivity index (χ3n) is 3.14. The molecule has 0 N–H and O–H groups in total. The van der Waals surface area contributed by atoms with Crippen molar-refractivity contribution in [3.05, 3.63) is 35.9 Å². The van der Waals surface area contributed by atoms with Crippen LogP contribution in [0, 0.1) is 0 Å². The van der Waals surface area contributed by atoms with Crippen LogP contribution in [0.25, 0.3) is 0 Å². The highest BCUT2D eigenvalue weighted by Crippen LogP contribution is 2.50. The molecular weight excluding hydrogens is 174 g/mol. The Bertz CT molecular complexity index is 361. The van der Waals surface area contributed by atoms with E-state index in [1.165, 1.54) is 5.56 Å². The fourth-order valence-electron chi connectivity index (χ4n) is 1.91. The van der Waals surface area contributed by atoms with Crippen molar-refractivity contribution in [2.75, 3.05) is 0 Å². The Balaban J connectivity index is 2.24. The first kappa shape index (κ1) is 9.17. The summed E-state index contributed by atoms with van der Waals surface area (Å²) >= 11 is 0. The lowest BCUT2D eigenvalue weighted by Crippen LogP contribution is -2.14. The molecule has 0 aliphatic heterocycles. The van der Waals surface area contributed by atoms with E-state index in [2.05, 4.69) is 24.0 Å². The van der Waals surface area contributed by atoms with Crippen molar-refractivity contribution in [1.29, 1.82) is 0 Å². The Morgan fingerprint density at radius 3 is 2.50 bits per heavy atom. The van der Waals surface area contributed by atoms with E-state index in [1.54, 1.807) is 6.08 Å². The van der Waals surface area contributed by atoms with Gasteiger partial charge in [-0.15, -0.1) is 0 Å². The summed E-state index contributed by atoms with van der Waals surface area (Å²) in [6.45, 7) is 2.13. The molecule has 14 heavy (non-hydrogen) atoms. The molecule has 2 rings (SSSR count). The van der Waals surface area contributed by atoms with Crippen LogP contribution < -0.4 is 0 Å². The zero-order valence-corrected chi connectivity index (χ0v) is 8.23. The molecule has 0 heterocycles. The van der Waals surface area contributed by atoms with Gasteiger partial charge in [-0.25, -0.2) is 4.79 Å². The lowest BCUT2D eigenvalue weighted by Gasteiger charge is -2.17. The molecule has 1 aliphatic rings. The number of aliphatic imine (C=N–C) groups is 1. The van der Waals surface area contributed by atoms with Gasteiger partial charge in [-0.2, -0.15) is 4.99 Å². The maximum Gasteiger partial charge on any atom is 0.235 e. The molecule has 72 valence electrons. The largest absolute Gasteiger partial charge is 0.235 e. The van der Waals surface area contributed by atoms with Crippen molar-refractivity contribution >= 4 is 6.08 Å². The summed E-state index contributed by atoms with van der Waals surface area (Å²) in [5.74, 6) is 0.324. The zero-order valence-electron chi connectivity index (χ0n) is 8.23. The van der Waals surface area contributed by atoms with Gasteiger partial charge in [-0.05, 0) is 18.4 Å². The highest BCUT2D eigenvalue weighted by molar-refractivity contribution is 5.39. The molecule has 2 nitrogen and oxygen atoms in total. The fraction of sp³-hybridized carbons (Fsp3) is 0.417. The molecule has 1 fully saturated rings. The van der Waals surface area contributed by atoms with E-state index >= 15 is 0 Å². The SMILES string of the molecule is CC(c1ccccc1)C1(N=C=O)CC1. The fourth-order valence-corrected chi connectivity index (χ4v) is 1.91. The van der Waals surface area contributed by atoms with Crippen LogP contribution >= 0.6 is 0 Å². The Kier molecular flexibility index (Phi) is 2.22. The number of isocyanates is 1. The first-order valence-corrected chi connectivity index (χ1v) is 4.92. The maximum atomic E-state index is 10.3. The quantitative estimate of drug-likeness (QED) is 0.528. The standard InChI is InChI=1S/C12H13NO/c1-10(11-5-3-2-4-6-11)12(7-8-12)13-9-14/h2-6,10H,7-8H2,1H3. The minimum atomic E-state index is -0.136. The molecule has 0 saturated heterocycles. The summed E-state index contributed by atoms with van der Waals surface area (Å²) in [5.41, 5.74) is 1.12. The predicted octanol–water partition coefficient (Wildman–Crippen LogP) is 2.66. The van der Waals surface area contributed by atoms with Crippen LogP contribution in [-0.2, 0) is 4.79 Å². The minimum absolute atomic E-state index is 0.136. The van der Waals surface area contributed by atoms with Crippen molar-refractivity contribution in [3.8, 4) is 0 Å². The molecule has 1 aromatic rings. The van der Waals surface area contributed by atoms with Gasteiger partial charge in [0.2, 0.25) is 6.08 Å². The Morgan fingerprint density at radius 1 is 1.36 bits per heavy atom. The summed E-state index contributed by atoms with van der Waals surface area (Å²) in [4.78, 5) is 14.2. The van der Waals surface area contributed by atoms with Gasteiger partial charge in [0, 0.05) is 5.92 Å². The maximum absolute atomic E-state index is 10.3. The average Bonchev–Trinajstić information content (AvgIpc) is 3.00. The number of rotatable bonds is 3. The smallest absolute Gasteiger partial charge is 0.211 e. The molecule has 1 atom stereocenters. The van der Waals surface area contributed by atoms with Gasteiger partial charge in [0.05, 0.1) is 5.54 Å². The van der Waals surface area contributed by atoms with Crippen molar-refractivity contribution < 1.29 is 4.79 Å². The topological polar surface area (TPSA) is 29.4 Å². The van der Waals surface area contributed by atoms with Gasteiger partial charge in [0.25, 0.3) is 0 Å². The summed E-state index contributed by atoms with van der Waals surface area (Å²) in [6, 6.07) is 10.2. The molecule has 1 aliphatic carbocycles. The average molecular weight is 187 g/mol. The number of carbonyl (C=O) groups excluding carboxylic acids is 1. The van der Waals surface area contributed by atoms with E-state index in [9.17, 15) is 4.79 Å². The van der Waals surface area contributed by atoms with Gasteiger partial charge >= 0.3 is 0 Å². The van der Waals surface area contributed by atoms with Gasteiger partial charge in [-0.1, -0.05) is 37.3 Å². The van der Waals surface area contributed by atoms with Crippen LogP contribution in [0.2, 0.25) is 0 Å². The molecule has 0 amide bonds. The van der Waals surface area contributed by atoms with E-state index in [4.69, 9.17) is 0 Å². The van der Waals surface area contributed by atoms with Crippen molar-refractivity contribution in [3.63, 3.8) is 0 Å². The Hall–Kier alpha value is -1.40. The third-order valence-corrected chi connectivity index (χ3v) is 3.14. The van der Waals surface area contributed by atoms with Crippen molar-refractivity contribution in [1.82, 2.24) is 0 Å². The highest BCUT2D eigenvalue weighted by atomic mass is 16.1. The van der Waals surface area contributed by atoms with E-state index < -0.39 is 0 Å². The molecule has 0 radical (unpaired) electrons. The number of nitrogens with zero attached hydrogens (tertiary/aromatic N) is 1. The predicted molar refractivity (Wildman–Crippen MR) is 54.9 cm³/mol. The molecule has 1 aromatic carbocycles. The second kappa shape index (κ2) is 3.39. The van der Waals surface area contributed by atoms with Gasteiger partial charge < -0.3 is 0 Å². The summed E-state index contributed by atoms with van der Waals surface area (Å²) in [5, 5.41) is 0. The van der Waals surface area contributed by atoms with E-state index in [0.29, 0.717) is 5.92 Å². The van der Waals surface area contributed by atoms with Gasteiger partial charge in [0.15, 0.2) is 0 Å². The third kappa shape index (κ3) is 1.49. The van der Waals surface area contributed by atoms with Crippen LogP contribution in [-0.4, -0.2) is 11.6 Å². The van der Waals surface area contributed by atoms with E-state index in [-0.39, 0.29) is 5.54 Å². The van der Waals surface area contributed by atoms with Crippen molar-refractivity contribution in [2.24, 2.45) is 4.99 Å². The Labute approximate surface area is 83.7 Å². The molecule has 0 spiro atoms. The lowest BCUT2D eigenvalue weighted by molar-refractivity contribution is 0.528. The number of benzene rings is 1. The normalized spacial score (nSPS) is 19.5. The van der Waals surface area contributed by atoms with Crippen LogP contribution in [0.3, 0.4) is 0 Å². The van der Waals surface area contributed by atoms with Crippen LogP contribution in [0.4, 0.5) is 0 Å². The number of hydrogen-bond donors (Lipinski definition) is 0. The van der Waals surface area contributed by atoms with Gasteiger partial charge in [0.1, 0.15) is 0 Å². The Morgan fingerprint density at radius 2 is 2.00 bits per heavy atom. The molecule has 1 saturated carbocycles. The zero-order chi connectivity index (χ0) is 10.0. The van der Waals surface area contributed by atoms with E-state index in [0.717, 1.165) is 12.8 Å². The summed E-state index contributed by atoms with van der Waals surface area (Å²) < 4.78 is 0. The minimum Gasteiger partial charge on any atom is -0.211 e. The summed E-state index contributed by atoms with van der Waals surface area (Å²) in [7, 11) is 0. The first-order valence-electron chi connectivity index (χ1n) is 4.92. The molecule has 2 heteroatoms. The van der Waals surface area contributed by atoms with Crippen LogP contribution in [0.1, 0.15) is 31.2 Å². The van der Waals surface area contributed by atoms with Crippen molar-refractivity contribution in [2.45, 2.75) is 31.2 Å². The van der Waals surface area contributed by atoms with Crippen LogP contribution in [0.15, 0.2) is 35.3 Å². The molecule has 0 aromatic heterocycles. The molecule has 0 bridgehead atoms. The van der Waals surface area contributed by atoms with Crippen LogP contribution in [0.5, 0.6) is 0 Å². The van der Waals surface area contributed by atoms with Gasteiger partial charge in [-0.3, -0.25) is 0 Å². The first-order chi connectivity index (χ1) is 6.78. The lowest BCUT2D eigenvalue weighted by atomic mass is 9.92. The number of hydrogen-bond acceptors (Lipinski definition) is 2. The molecular formula is C12H13NO. The van der Waals surface area contributed by atoms with E-state index in [1.807, 2.05) is 18.2 Å².